The van der Waals surface area contributed by atoms with Gasteiger partial charge in [0.2, 0.25) is 0 Å². The van der Waals surface area contributed by atoms with E-state index in [0.29, 0.717) is 0 Å². The number of rotatable bonds is 4. The molecule has 2 rings (SSSR count). The Morgan fingerprint density at radius 2 is 1.94 bits per heavy atom. The minimum atomic E-state index is -0.446. The molecule has 0 aliphatic heterocycles. The predicted molar refractivity (Wildman–Crippen MR) is 66.9 cm³/mol. The van der Waals surface area contributed by atoms with Crippen molar-refractivity contribution in [2.24, 2.45) is 0 Å². The summed E-state index contributed by atoms with van der Waals surface area (Å²) in [7, 11) is 0. The zero-order valence-corrected chi connectivity index (χ0v) is 9.76. The fraction of sp³-hybridized carbons (Fsp3) is 0.0833. The molecular weight excluding hydrogens is 236 g/mol. The van der Waals surface area contributed by atoms with Crippen LogP contribution in [0.2, 0.25) is 0 Å². The van der Waals surface area contributed by atoms with E-state index in [4.69, 9.17) is 0 Å². The normalized spacial score (nSPS) is 10.1. The number of nitrogens with zero attached hydrogens (tertiary/aromatic N) is 2. The van der Waals surface area contributed by atoms with Gasteiger partial charge in [-0.1, -0.05) is 30.3 Å². The first-order valence-corrected chi connectivity index (χ1v) is 6.01. The lowest BCUT2D eigenvalue weighted by atomic mass is 10.2. The SMILES string of the molecule is O=[N+]([O-])c1ccc(SCc2ccccc2)nc1. The fourth-order valence-electron chi connectivity index (χ4n) is 1.30. The molecule has 1 aromatic heterocycles. The highest BCUT2D eigenvalue weighted by molar-refractivity contribution is 7.98. The molecule has 17 heavy (non-hydrogen) atoms. The summed E-state index contributed by atoms with van der Waals surface area (Å²) in [5, 5.41) is 11.2. The Morgan fingerprint density at radius 1 is 1.18 bits per heavy atom. The molecule has 0 radical (unpaired) electrons. The van der Waals surface area contributed by atoms with E-state index in [2.05, 4.69) is 4.98 Å². The maximum atomic E-state index is 10.5. The highest BCUT2D eigenvalue weighted by atomic mass is 32.2. The summed E-state index contributed by atoms with van der Waals surface area (Å²) in [5.41, 5.74) is 1.23. The predicted octanol–water partition coefficient (Wildman–Crippen LogP) is 3.28. The van der Waals surface area contributed by atoms with Crippen molar-refractivity contribution >= 4 is 17.4 Å². The van der Waals surface area contributed by atoms with E-state index in [0.717, 1.165) is 10.8 Å². The van der Waals surface area contributed by atoms with Gasteiger partial charge >= 0.3 is 0 Å². The summed E-state index contributed by atoms with van der Waals surface area (Å²) < 4.78 is 0. The second-order valence-electron chi connectivity index (χ2n) is 3.39. The summed E-state index contributed by atoms with van der Waals surface area (Å²) in [4.78, 5) is 14.0. The molecule has 0 aliphatic carbocycles. The van der Waals surface area contributed by atoms with Crippen molar-refractivity contribution in [1.82, 2.24) is 4.98 Å². The van der Waals surface area contributed by atoms with Crippen LogP contribution in [-0.4, -0.2) is 9.91 Å². The van der Waals surface area contributed by atoms with Crippen LogP contribution < -0.4 is 0 Å². The van der Waals surface area contributed by atoms with Gasteiger partial charge in [-0.2, -0.15) is 0 Å². The Bertz CT molecular complexity index is 500. The quantitative estimate of drug-likeness (QED) is 0.472. The van der Waals surface area contributed by atoms with Gasteiger partial charge in [0.25, 0.3) is 5.69 Å². The number of hydrogen-bond acceptors (Lipinski definition) is 4. The molecule has 1 heterocycles. The van der Waals surface area contributed by atoms with Gasteiger partial charge in [-0.25, -0.2) is 4.98 Å². The number of aromatic nitrogens is 1. The van der Waals surface area contributed by atoms with Crippen molar-refractivity contribution < 1.29 is 4.92 Å². The van der Waals surface area contributed by atoms with Gasteiger partial charge in [-0.15, -0.1) is 11.8 Å². The summed E-state index contributed by atoms with van der Waals surface area (Å²) in [6.07, 6.45) is 1.29. The lowest BCUT2D eigenvalue weighted by Gasteiger charge is -2.00. The van der Waals surface area contributed by atoms with Gasteiger partial charge in [0.15, 0.2) is 0 Å². The Kier molecular flexibility index (Phi) is 3.72. The minimum absolute atomic E-state index is 0.0223. The van der Waals surface area contributed by atoms with Crippen LogP contribution in [0.25, 0.3) is 0 Å². The number of thioether (sulfide) groups is 1. The standard InChI is InChI=1S/C12H10N2O2S/c15-14(16)11-6-7-12(13-8-11)17-9-10-4-2-1-3-5-10/h1-8H,9H2. The van der Waals surface area contributed by atoms with E-state index < -0.39 is 4.92 Å². The Hall–Kier alpha value is -1.88. The zero-order chi connectivity index (χ0) is 12.1. The number of pyridine rings is 1. The summed E-state index contributed by atoms with van der Waals surface area (Å²) in [6, 6.07) is 13.2. The maximum Gasteiger partial charge on any atom is 0.287 e. The highest BCUT2D eigenvalue weighted by Gasteiger charge is 2.05. The van der Waals surface area contributed by atoms with Gasteiger partial charge in [-0.05, 0) is 11.6 Å². The molecule has 0 bridgehead atoms. The molecule has 0 N–H and O–H groups in total. The van der Waals surface area contributed by atoms with Gasteiger partial charge in [0, 0.05) is 11.8 Å². The van der Waals surface area contributed by atoms with Gasteiger partial charge in [-0.3, -0.25) is 10.1 Å². The first kappa shape index (κ1) is 11.6. The summed E-state index contributed by atoms with van der Waals surface area (Å²) >= 11 is 1.56. The second kappa shape index (κ2) is 5.45. The summed E-state index contributed by atoms with van der Waals surface area (Å²) in [5.74, 6) is 0.811. The maximum absolute atomic E-state index is 10.5. The molecule has 1 aromatic carbocycles. The highest BCUT2D eigenvalue weighted by Crippen LogP contribution is 2.22. The van der Waals surface area contributed by atoms with Crippen LogP contribution in [0.5, 0.6) is 0 Å². The van der Waals surface area contributed by atoms with Crippen molar-refractivity contribution in [1.29, 1.82) is 0 Å². The molecule has 0 aliphatic rings. The number of hydrogen-bond donors (Lipinski definition) is 0. The van der Waals surface area contributed by atoms with E-state index >= 15 is 0 Å². The molecule has 2 aromatic rings. The van der Waals surface area contributed by atoms with Gasteiger partial charge < -0.3 is 0 Å². The molecule has 5 heteroatoms. The lowest BCUT2D eigenvalue weighted by molar-refractivity contribution is -0.385. The molecular formula is C12H10N2O2S. The van der Waals surface area contributed by atoms with Gasteiger partial charge in [0.1, 0.15) is 6.20 Å². The fourth-order valence-corrected chi connectivity index (χ4v) is 2.10. The first-order chi connectivity index (χ1) is 8.25. The molecule has 0 saturated carbocycles. The van der Waals surface area contributed by atoms with E-state index in [1.54, 1.807) is 17.8 Å². The van der Waals surface area contributed by atoms with Crippen LogP contribution in [0.1, 0.15) is 5.56 Å². The minimum Gasteiger partial charge on any atom is -0.258 e. The zero-order valence-electron chi connectivity index (χ0n) is 8.95. The molecule has 0 atom stereocenters. The average Bonchev–Trinajstić information content (AvgIpc) is 2.38. The Labute approximate surface area is 103 Å². The molecule has 0 saturated heterocycles. The topological polar surface area (TPSA) is 56.0 Å². The molecule has 0 spiro atoms. The van der Waals surface area contributed by atoms with Crippen molar-refractivity contribution in [3.63, 3.8) is 0 Å². The lowest BCUT2D eigenvalue weighted by Crippen LogP contribution is -1.89. The smallest absolute Gasteiger partial charge is 0.258 e. The van der Waals surface area contributed by atoms with Crippen LogP contribution in [0, 0.1) is 10.1 Å². The molecule has 86 valence electrons. The van der Waals surface area contributed by atoms with Gasteiger partial charge in [0.05, 0.1) is 9.95 Å². The molecule has 0 amide bonds. The van der Waals surface area contributed by atoms with Crippen LogP contribution >= 0.6 is 11.8 Å². The van der Waals surface area contributed by atoms with Crippen molar-refractivity contribution in [2.45, 2.75) is 10.8 Å². The van der Waals surface area contributed by atoms with Crippen LogP contribution in [-0.2, 0) is 5.75 Å². The average molecular weight is 246 g/mol. The number of benzene rings is 1. The van der Waals surface area contributed by atoms with Crippen LogP contribution in [0.4, 0.5) is 5.69 Å². The van der Waals surface area contributed by atoms with E-state index in [1.165, 1.54) is 17.8 Å². The molecule has 4 nitrogen and oxygen atoms in total. The monoisotopic (exact) mass is 246 g/mol. The third-order valence-corrected chi connectivity index (χ3v) is 3.18. The largest absolute Gasteiger partial charge is 0.287 e. The Morgan fingerprint density at radius 3 is 2.53 bits per heavy atom. The third-order valence-electron chi connectivity index (χ3n) is 2.16. The van der Waals surface area contributed by atoms with E-state index in [9.17, 15) is 10.1 Å². The third kappa shape index (κ3) is 3.29. The van der Waals surface area contributed by atoms with Crippen LogP contribution in [0.15, 0.2) is 53.7 Å². The summed E-state index contributed by atoms with van der Waals surface area (Å²) in [6.45, 7) is 0. The van der Waals surface area contributed by atoms with Crippen LogP contribution in [0.3, 0.4) is 0 Å². The first-order valence-electron chi connectivity index (χ1n) is 5.03. The van der Waals surface area contributed by atoms with Crippen molar-refractivity contribution in [3.05, 3.63) is 64.3 Å². The van der Waals surface area contributed by atoms with Crippen molar-refractivity contribution in [3.8, 4) is 0 Å². The number of nitro groups is 1. The van der Waals surface area contributed by atoms with E-state index in [1.807, 2.05) is 30.3 Å². The molecule has 0 fully saturated rings. The Balaban J connectivity index is 1.98. The second-order valence-corrected chi connectivity index (χ2v) is 4.38. The van der Waals surface area contributed by atoms with Crippen molar-refractivity contribution in [2.75, 3.05) is 0 Å². The molecule has 0 unspecified atom stereocenters. The van der Waals surface area contributed by atoms with E-state index in [-0.39, 0.29) is 5.69 Å².